The molecular weight excluding hydrogens is 501 g/mol. The van der Waals surface area contributed by atoms with E-state index in [0.29, 0.717) is 28.3 Å². The number of pyridine rings is 1. The fourth-order valence-corrected chi connectivity index (χ4v) is 7.16. The van der Waals surface area contributed by atoms with Crippen LogP contribution in [0.15, 0.2) is 54.6 Å². The number of carbonyl (C=O) groups excluding carboxylic acids is 1. The fourth-order valence-electron chi connectivity index (χ4n) is 4.61. The molecule has 1 aliphatic rings. The first-order valence-electron chi connectivity index (χ1n) is 11.3. The summed E-state index contributed by atoms with van der Waals surface area (Å²) >= 11 is 1.35. The number of sulfone groups is 1. The quantitative estimate of drug-likeness (QED) is 0.365. The normalized spacial score (nSPS) is 17.1. The van der Waals surface area contributed by atoms with E-state index in [1.165, 1.54) is 17.4 Å². The first-order chi connectivity index (χ1) is 17.3. The average Bonchev–Trinajstić information content (AvgIpc) is 3.53. The lowest BCUT2D eigenvalue weighted by Crippen LogP contribution is -2.15. The van der Waals surface area contributed by atoms with E-state index in [0.717, 1.165) is 10.2 Å². The van der Waals surface area contributed by atoms with E-state index < -0.39 is 27.6 Å². The van der Waals surface area contributed by atoms with Gasteiger partial charge in [-0.05, 0) is 43.7 Å². The van der Waals surface area contributed by atoms with E-state index in [1.54, 1.807) is 35.9 Å². The summed E-state index contributed by atoms with van der Waals surface area (Å²) in [7, 11) is -3.19. The van der Waals surface area contributed by atoms with Gasteiger partial charge < -0.3 is 0 Å². The van der Waals surface area contributed by atoms with Gasteiger partial charge >= 0.3 is 0 Å². The van der Waals surface area contributed by atoms with E-state index >= 15 is 0 Å². The molecule has 0 spiro atoms. The number of rotatable bonds is 4. The van der Waals surface area contributed by atoms with Gasteiger partial charge in [-0.25, -0.2) is 27.5 Å². The molecule has 0 radical (unpaired) electrons. The molecule has 36 heavy (non-hydrogen) atoms. The van der Waals surface area contributed by atoms with Gasteiger partial charge in [-0.15, -0.1) is 0 Å². The number of aryl methyl sites for hydroxylation is 1. The first-order valence-corrected chi connectivity index (χ1v) is 13.9. The Labute approximate surface area is 209 Å². The highest BCUT2D eigenvalue weighted by atomic mass is 32.2. The Morgan fingerprint density at radius 2 is 1.92 bits per heavy atom. The number of aromatic nitrogens is 4. The van der Waals surface area contributed by atoms with Crippen molar-refractivity contribution in [1.82, 2.24) is 19.7 Å². The number of nitrogens with one attached hydrogen (secondary N) is 1. The van der Waals surface area contributed by atoms with Crippen molar-refractivity contribution >= 4 is 53.5 Å². The van der Waals surface area contributed by atoms with Crippen LogP contribution in [0, 0.1) is 12.7 Å². The minimum Gasteiger partial charge on any atom is -0.298 e. The highest BCUT2D eigenvalue weighted by Gasteiger charge is 2.32. The number of hydrogen-bond acceptors (Lipinski definition) is 7. The van der Waals surface area contributed by atoms with Crippen LogP contribution < -0.4 is 5.32 Å². The Morgan fingerprint density at radius 3 is 2.67 bits per heavy atom. The third kappa shape index (κ3) is 3.94. The van der Waals surface area contributed by atoms with Crippen LogP contribution in [0.25, 0.3) is 32.5 Å². The molecule has 1 saturated heterocycles. The Morgan fingerprint density at radius 1 is 1.14 bits per heavy atom. The standard InChI is InChI=1S/C25H20FN5O3S2/c1-14-22-17(24(32)29-25-28-19-8-4-5-9-21(19)35-25)12-20(16-6-2-3-7-18(16)26)27-23(22)31(30-14)15-10-11-36(33,34)13-15/h2-9,12,15H,10-11,13H2,1H3,(H,28,29,32). The lowest BCUT2D eigenvalue weighted by atomic mass is 10.0. The summed E-state index contributed by atoms with van der Waals surface area (Å²) < 4.78 is 41.6. The molecule has 1 atom stereocenters. The summed E-state index contributed by atoms with van der Waals surface area (Å²) in [6, 6.07) is 14.9. The molecule has 1 unspecified atom stereocenters. The topological polar surface area (TPSA) is 107 Å². The molecule has 6 rings (SSSR count). The maximum absolute atomic E-state index is 14.7. The van der Waals surface area contributed by atoms with Crippen molar-refractivity contribution in [3.8, 4) is 11.3 Å². The number of benzene rings is 2. The van der Waals surface area contributed by atoms with Crippen molar-refractivity contribution in [3.63, 3.8) is 0 Å². The van der Waals surface area contributed by atoms with Gasteiger partial charge in [0.2, 0.25) is 0 Å². The number of anilines is 1. The highest BCUT2D eigenvalue weighted by molar-refractivity contribution is 7.91. The summed E-state index contributed by atoms with van der Waals surface area (Å²) in [5.41, 5.74) is 2.43. The molecule has 0 bridgehead atoms. The number of carbonyl (C=O) groups is 1. The van der Waals surface area contributed by atoms with Gasteiger partial charge in [0.05, 0.1) is 50.1 Å². The number of amides is 1. The molecule has 11 heteroatoms. The van der Waals surface area contributed by atoms with Gasteiger partial charge in [0.15, 0.2) is 20.6 Å². The molecule has 3 aromatic heterocycles. The van der Waals surface area contributed by atoms with Crippen LogP contribution in [-0.2, 0) is 9.84 Å². The third-order valence-electron chi connectivity index (χ3n) is 6.30. The summed E-state index contributed by atoms with van der Waals surface area (Å²) in [6.07, 6.45) is 0.400. The summed E-state index contributed by atoms with van der Waals surface area (Å²) in [5.74, 6) is -0.896. The summed E-state index contributed by atoms with van der Waals surface area (Å²) in [5, 5.41) is 8.38. The lowest BCUT2D eigenvalue weighted by Gasteiger charge is -2.12. The summed E-state index contributed by atoms with van der Waals surface area (Å²) in [6.45, 7) is 1.75. The van der Waals surface area contributed by atoms with Crippen LogP contribution >= 0.6 is 11.3 Å². The zero-order chi connectivity index (χ0) is 25.0. The number of nitrogens with zero attached hydrogens (tertiary/aromatic N) is 4. The van der Waals surface area contributed by atoms with Crippen LogP contribution in [0.4, 0.5) is 9.52 Å². The predicted octanol–water partition coefficient (Wildman–Crippen LogP) is 4.77. The van der Waals surface area contributed by atoms with Crippen LogP contribution in [0.5, 0.6) is 0 Å². The van der Waals surface area contributed by atoms with Crippen molar-refractivity contribution in [3.05, 3.63) is 71.7 Å². The first kappa shape index (κ1) is 22.7. The number of fused-ring (bicyclic) bond motifs is 2. The smallest absolute Gasteiger partial charge is 0.258 e. The van der Waals surface area contributed by atoms with E-state index in [-0.39, 0.29) is 28.3 Å². The molecule has 182 valence electrons. The molecule has 4 heterocycles. The Kier molecular flexibility index (Phi) is 5.34. The van der Waals surface area contributed by atoms with Crippen molar-refractivity contribution < 1.29 is 17.6 Å². The van der Waals surface area contributed by atoms with Crippen LogP contribution in [-0.4, -0.2) is 45.6 Å². The van der Waals surface area contributed by atoms with Crippen LogP contribution in [0.2, 0.25) is 0 Å². The molecule has 0 saturated carbocycles. The zero-order valence-corrected chi connectivity index (χ0v) is 20.7. The van der Waals surface area contributed by atoms with Gasteiger partial charge in [0.1, 0.15) is 5.82 Å². The maximum atomic E-state index is 14.7. The second-order valence-electron chi connectivity index (χ2n) is 8.76. The number of halogens is 1. The molecule has 1 amide bonds. The van der Waals surface area contributed by atoms with Gasteiger partial charge in [0.25, 0.3) is 5.91 Å². The molecule has 1 N–H and O–H groups in total. The third-order valence-corrected chi connectivity index (χ3v) is 9.00. The number of hydrogen-bond donors (Lipinski definition) is 1. The van der Waals surface area contributed by atoms with Gasteiger partial charge in [-0.1, -0.05) is 35.6 Å². The second kappa shape index (κ2) is 8.45. The Hall–Kier alpha value is -3.70. The largest absolute Gasteiger partial charge is 0.298 e. The molecule has 5 aromatic rings. The van der Waals surface area contributed by atoms with E-state index in [4.69, 9.17) is 0 Å². The molecule has 0 aliphatic carbocycles. The highest BCUT2D eigenvalue weighted by Crippen LogP contribution is 2.33. The predicted molar refractivity (Wildman–Crippen MR) is 138 cm³/mol. The number of thiazole rings is 1. The van der Waals surface area contributed by atoms with Gasteiger partial charge in [0, 0.05) is 5.56 Å². The van der Waals surface area contributed by atoms with E-state index in [1.807, 2.05) is 24.3 Å². The second-order valence-corrected chi connectivity index (χ2v) is 12.0. The molecule has 1 fully saturated rings. The van der Waals surface area contributed by atoms with Crippen LogP contribution in [0.3, 0.4) is 0 Å². The molecular formula is C25H20FN5O3S2. The van der Waals surface area contributed by atoms with Crippen molar-refractivity contribution in [1.29, 1.82) is 0 Å². The van der Waals surface area contributed by atoms with E-state index in [9.17, 15) is 17.6 Å². The minimum absolute atomic E-state index is 0.0535. The van der Waals surface area contributed by atoms with Crippen LogP contribution in [0.1, 0.15) is 28.5 Å². The Balaban J connectivity index is 1.51. The SMILES string of the molecule is Cc1nn(C2CCS(=O)(=O)C2)c2nc(-c3ccccc3F)cc(C(=O)Nc3nc4ccccc4s3)c12. The van der Waals surface area contributed by atoms with E-state index in [2.05, 4.69) is 20.4 Å². The fraction of sp³-hybridized carbons (Fsp3) is 0.200. The summed E-state index contributed by atoms with van der Waals surface area (Å²) in [4.78, 5) is 22.7. The molecule has 8 nitrogen and oxygen atoms in total. The van der Waals surface area contributed by atoms with Crippen molar-refractivity contribution in [2.75, 3.05) is 16.8 Å². The van der Waals surface area contributed by atoms with Gasteiger partial charge in [-0.2, -0.15) is 5.10 Å². The lowest BCUT2D eigenvalue weighted by molar-refractivity contribution is 0.102. The van der Waals surface area contributed by atoms with Crippen molar-refractivity contribution in [2.45, 2.75) is 19.4 Å². The molecule has 1 aliphatic heterocycles. The molecule has 2 aromatic carbocycles. The Bertz CT molecular complexity index is 1740. The van der Waals surface area contributed by atoms with Crippen molar-refractivity contribution in [2.24, 2.45) is 0 Å². The number of para-hydroxylation sites is 1. The minimum atomic E-state index is -3.19. The average molecular weight is 522 g/mol. The zero-order valence-electron chi connectivity index (χ0n) is 19.1. The maximum Gasteiger partial charge on any atom is 0.258 e. The monoisotopic (exact) mass is 521 g/mol. The van der Waals surface area contributed by atoms with Gasteiger partial charge in [-0.3, -0.25) is 10.1 Å².